The van der Waals surface area contributed by atoms with Crippen LogP contribution in [0.5, 0.6) is 0 Å². The van der Waals surface area contributed by atoms with Crippen molar-refractivity contribution in [2.24, 2.45) is 0 Å². The maximum Gasteiger partial charge on any atom is 0.145 e. The van der Waals surface area contributed by atoms with Gasteiger partial charge in [-0.15, -0.1) is 0 Å². The van der Waals surface area contributed by atoms with Gasteiger partial charge in [-0.25, -0.2) is 0 Å². The van der Waals surface area contributed by atoms with Crippen LogP contribution >= 0.6 is 0 Å². The molecule has 0 unspecified atom stereocenters. The standard InChI is InChI=1S/C55H38N2O/c1-3-15-49-42(4-2)48-34-38(29-33-50(48)56(49)40-18-6-5-7-19-40)36-26-30-41(31-27-36)57(52-35-39-16-8-9-20-43(39)44-21-10-11-22-45(44)52)51-24-14-17-37-28-32-47-46-23-12-13-25-53(46)58-55(47)54(37)51/h3-35H,2H2,1H3/b15-3-. The molecule has 11 rings (SSSR count). The molecule has 0 saturated carbocycles. The van der Waals surface area contributed by atoms with Crippen LogP contribution in [0.3, 0.4) is 0 Å². The largest absolute Gasteiger partial charge is 0.455 e. The fourth-order valence-corrected chi connectivity index (χ4v) is 9.06. The van der Waals surface area contributed by atoms with E-state index in [1.54, 1.807) is 0 Å². The van der Waals surface area contributed by atoms with E-state index >= 15 is 0 Å². The van der Waals surface area contributed by atoms with Crippen molar-refractivity contribution in [2.75, 3.05) is 4.90 Å². The Labute approximate surface area is 336 Å². The number of hydrogen-bond acceptors (Lipinski definition) is 2. The molecule has 0 saturated heterocycles. The molecule has 0 spiro atoms. The van der Waals surface area contributed by atoms with Gasteiger partial charge in [-0.05, 0) is 106 Å². The Morgan fingerprint density at radius 1 is 0.534 bits per heavy atom. The zero-order chi connectivity index (χ0) is 38.7. The van der Waals surface area contributed by atoms with Crippen LogP contribution < -0.4 is 4.90 Å². The van der Waals surface area contributed by atoms with Crippen molar-refractivity contribution >= 4 is 94.4 Å². The van der Waals surface area contributed by atoms with E-state index in [-0.39, 0.29) is 0 Å². The third kappa shape index (κ3) is 5.21. The van der Waals surface area contributed by atoms with E-state index in [9.17, 15) is 0 Å². The third-order valence-corrected chi connectivity index (χ3v) is 11.6. The monoisotopic (exact) mass is 742 g/mol. The molecule has 0 bridgehead atoms. The molecule has 2 heterocycles. The first-order valence-corrected chi connectivity index (χ1v) is 19.8. The number of nitrogens with zero attached hydrogens (tertiary/aromatic N) is 2. The second-order valence-electron chi connectivity index (χ2n) is 14.9. The number of aromatic nitrogens is 1. The second-order valence-corrected chi connectivity index (χ2v) is 14.9. The maximum atomic E-state index is 6.73. The lowest BCUT2D eigenvalue weighted by atomic mass is 9.97. The summed E-state index contributed by atoms with van der Waals surface area (Å²) < 4.78 is 9.06. The molecule has 274 valence electrons. The van der Waals surface area contributed by atoms with E-state index in [1.807, 2.05) is 12.1 Å². The molecular weight excluding hydrogens is 705 g/mol. The molecule has 2 aromatic heterocycles. The topological polar surface area (TPSA) is 21.3 Å². The second kappa shape index (κ2) is 13.5. The van der Waals surface area contributed by atoms with Crippen LogP contribution in [0, 0.1) is 0 Å². The van der Waals surface area contributed by atoms with Crippen molar-refractivity contribution in [1.29, 1.82) is 0 Å². The smallest absolute Gasteiger partial charge is 0.145 e. The van der Waals surface area contributed by atoms with Gasteiger partial charge < -0.3 is 13.9 Å². The molecule has 0 amide bonds. The van der Waals surface area contributed by atoms with E-state index < -0.39 is 0 Å². The Morgan fingerprint density at radius 2 is 1.24 bits per heavy atom. The first kappa shape index (κ1) is 33.7. The summed E-state index contributed by atoms with van der Waals surface area (Å²) in [6, 6.07) is 65.5. The van der Waals surface area contributed by atoms with Crippen LogP contribution in [0.4, 0.5) is 17.1 Å². The number of para-hydroxylation sites is 2. The average Bonchev–Trinajstić information content (AvgIpc) is 3.82. The lowest BCUT2D eigenvalue weighted by molar-refractivity contribution is 0.672. The molecule has 0 aliphatic heterocycles. The van der Waals surface area contributed by atoms with E-state index in [1.165, 1.54) is 26.9 Å². The molecule has 0 fully saturated rings. The molecule has 0 aliphatic rings. The van der Waals surface area contributed by atoms with Gasteiger partial charge in [-0.1, -0.05) is 140 Å². The first-order chi connectivity index (χ1) is 28.7. The summed E-state index contributed by atoms with van der Waals surface area (Å²) in [6.45, 7) is 6.32. The summed E-state index contributed by atoms with van der Waals surface area (Å²) in [5.74, 6) is 0. The minimum Gasteiger partial charge on any atom is -0.455 e. The van der Waals surface area contributed by atoms with Gasteiger partial charge in [0.15, 0.2) is 0 Å². The lowest BCUT2D eigenvalue weighted by Gasteiger charge is -2.29. The van der Waals surface area contributed by atoms with Gasteiger partial charge in [-0.3, -0.25) is 0 Å². The number of hydrogen-bond donors (Lipinski definition) is 0. The molecule has 3 heteroatoms. The van der Waals surface area contributed by atoms with E-state index in [4.69, 9.17) is 4.42 Å². The predicted octanol–water partition coefficient (Wildman–Crippen LogP) is 15.8. The van der Waals surface area contributed by atoms with Crippen LogP contribution in [0.25, 0.3) is 94.1 Å². The van der Waals surface area contributed by atoms with Crippen molar-refractivity contribution in [3.8, 4) is 16.8 Å². The molecule has 0 N–H and O–H groups in total. The van der Waals surface area contributed by atoms with E-state index in [2.05, 4.69) is 211 Å². The summed E-state index contributed by atoms with van der Waals surface area (Å²) >= 11 is 0. The van der Waals surface area contributed by atoms with Crippen molar-refractivity contribution in [3.63, 3.8) is 0 Å². The predicted molar refractivity (Wildman–Crippen MR) is 248 cm³/mol. The van der Waals surface area contributed by atoms with Gasteiger partial charge in [0.05, 0.1) is 22.6 Å². The van der Waals surface area contributed by atoms with Crippen molar-refractivity contribution < 1.29 is 4.42 Å². The Bertz CT molecular complexity index is 3420. The third-order valence-electron chi connectivity index (χ3n) is 11.6. The van der Waals surface area contributed by atoms with Crippen LogP contribution in [-0.4, -0.2) is 4.57 Å². The van der Waals surface area contributed by atoms with E-state index in [0.717, 1.165) is 83.4 Å². The SMILES string of the molecule is C=Cc1c(/C=C\C)n(-c2ccccc2)c2ccc(-c3ccc(N(c4cc5ccccc5c5ccccc45)c4cccc5ccc6c7ccccc7oc6c45)cc3)cc12. The number of benzene rings is 9. The summed E-state index contributed by atoms with van der Waals surface area (Å²) in [7, 11) is 0. The quantitative estimate of drug-likeness (QED) is 0.152. The highest BCUT2D eigenvalue weighted by Crippen LogP contribution is 2.47. The van der Waals surface area contributed by atoms with Crippen LogP contribution in [0.15, 0.2) is 199 Å². The lowest BCUT2D eigenvalue weighted by Crippen LogP contribution is -2.11. The van der Waals surface area contributed by atoms with Gasteiger partial charge in [0, 0.05) is 43.9 Å². The first-order valence-electron chi connectivity index (χ1n) is 19.8. The zero-order valence-electron chi connectivity index (χ0n) is 32.1. The van der Waals surface area contributed by atoms with Crippen molar-refractivity contribution in [3.05, 3.63) is 206 Å². The minimum atomic E-state index is 0.889. The summed E-state index contributed by atoms with van der Waals surface area (Å²) in [6.07, 6.45) is 6.26. The molecule has 11 aromatic rings. The van der Waals surface area contributed by atoms with Gasteiger partial charge >= 0.3 is 0 Å². The molecule has 0 atom stereocenters. The number of anilines is 3. The molecule has 0 radical (unpaired) electrons. The molecule has 9 aromatic carbocycles. The Hall–Kier alpha value is -7.62. The van der Waals surface area contributed by atoms with Crippen LogP contribution in [0.2, 0.25) is 0 Å². The van der Waals surface area contributed by atoms with Crippen LogP contribution in [0.1, 0.15) is 18.2 Å². The highest BCUT2D eigenvalue weighted by molar-refractivity contribution is 6.21. The number of rotatable bonds is 7. The Balaban J connectivity index is 1.13. The summed E-state index contributed by atoms with van der Waals surface area (Å²) in [5, 5.41) is 10.4. The van der Waals surface area contributed by atoms with Gasteiger partial charge in [0.25, 0.3) is 0 Å². The molecule has 3 nitrogen and oxygen atoms in total. The highest BCUT2D eigenvalue weighted by Gasteiger charge is 2.23. The highest BCUT2D eigenvalue weighted by atomic mass is 16.3. The van der Waals surface area contributed by atoms with Gasteiger partial charge in [0.2, 0.25) is 0 Å². The molecule has 0 aliphatic carbocycles. The van der Waals surface area contributed by atoms with Gasteiger partial charge in [0.1, 0.15) is 11.2 Å². The Kier molecular flexibility index (Phi) is 7.87. The minimum absolute atomic E-state index is 0.889. The number of furan rings is 1. The van der Waals surface area contributed by atoms with Crippen molar-refractivity contribution in [2.45, 2.75) is 6.92 Å². The Morgan fingerprint density at radius 3 is 2.05 bits per heavy atom. The fourth-order valence-electron chi connectivity index (χ4n) is 9.06. The summed E-state index contributed by atoms with van der Waals surface area (Å²) in [4.78, 5) is 2.43. The van der Waals surface area contributed by atoms with Gasteiger partial charge in [-0.2, -0.15) is 0 Å². The molecule has 58 heavy (non-hydrogen) atoms. The normalized spacial score (nSPS) is 11.9. The summed E-state index contributed by atoms with van der Waals surface area (Å²) in [5.41, 5.74) is 11.8. The maximum absolute atomic E-state index is 6.73. The number of allylic oxidation sites excluding steroid dienone is 1. The average molecular weight is 743 g/mol. The fraction of sp³-hybridized carbons (Fsp3) is 0.0182. The van der Waals surface area contributed by atoms with Crippen molar-refractivity contribution in [1.82, 2.24) is 4.57 Å². The molecular formula is C55H38N2O. The number of fused-ring (bicyclic) bond motifs is 9. The van der Waals surface area contributed by atoms with Crippen LogP contribution in [-0.2, 0) is 0 Å². The van der Waals surface area contributed by atoms with E-state index in [0.29, 0.717) is 0 Å². The zero-order valence-corrected chi connectivity index (χ0v) is 32.1.